The van der Waals surface area contributed by atoms with E-state index in [9.17, 15) is 9.59 Å². The number of nitrogens with one attached hydrogen (secondary N) is 1. The van der Waals surface area contributed by atoms with Crippen molar-refractivity contribution in [2.45, 2.75) is 65.9 Å². The molecule has 4 nitrogen and oxygen atoms in total. The molecule has 1 aliphatic heterocycles. The maximum Gasteiger partial charge on any atom is 0.162 e. The number of halogens is 2. The fourth-order valence-corrected chi connectivity index (χ4v) is 6.12. The lowest BCUT2D eigenvalue weighted by atomic mass is 9.64. The van der Waals surface area contributed by atoms with Gasteiger partial charge in [0.25, 0.3) is 0 Å². The molecule has 0 bridgehead atoms. The van der Waals surface area contributed by atoms with Gasteiger partial charge in [0.05, 0.1) is 0 Å². The number of dihydropyridines is 1. The van der Waals surface area contributed by atoms with Crippen molar-refractivity contribution in [3.63, 3.8) is 0 Å². The number of benzene rings is 2. The molecule has 188 valence electrons. The summed E-state index contributed by atoms with van der Waals surface area (Å²) in [5.74, 6) is 0.274. The van der Waals surface area contributed by atoms with E-state index in [1.54, 1.807) is 6.07 Å². The van der Waals surface area contributed by atoms with Crippen LogP contribution in [-0.2, 0) is 16.2 Å². The molecule has 0 fully saturated rings. The van der Waals surface area contributed by atoms with Crippen molar-refractivity contribution in [2.75, 3.05) is 0 Å². The van der Waals surface area contributed by atoms with E-state index in [0.29, 0.717) is 46.4 Å². The maximum absolute atomic E-state index is 13.6. The van der Waals surface area contributed by atoms with Crippen LogP contribution in [0.15, 0.2) is 65.0 Å². The molecule has 0 atom stereocenters. The van der Waals surface area contributed by atoms with Crippen LogP contribution < -0.4 is 10.1 Å². The summed E-state index contributed by atoms with van der Waals surface area (Å²) in [6, 6.07) is 13.0. The smallest absolute Gasteiger partial charge is 0.162 e. The number of ether oxygens (including phenoxy) is 1. The van der Waals surface area contributed by atoms with E-state index >= 15 is 0 Å². The molecule has 0 aromatic heterocycles. The van der Waals surface area contributed by atoms with Gasteiger partial charge in [-0.2, -0.15) is 0 Å². The van der Waals surface area contributed by atoms with Gasteiger partial charge in [-0.25, -0.2) is 0 Å². The lowest BCUT2D eigenvalue weighted by molar-refractivity contribution is -0.119. The first-order valence-electron chi connectivity index (χ1n) is 12.4. The molecule has 2 aromatic rings. The zero-order valence-electron chi connectivity index (χ0n) is 21.1. The van der Waals surface area contributed by atoms with Crippen molar-refractivity contribution in [3.8, 4) is 5.75 Å². The van der Waals surface area contributed by atoms with Gasteiger partial charge in [0.2, 0.25) is 0 Å². The number of rotatable bonds is 4. The summed E-state index contributed by atoms with van der Waals surface area (Å²) in [4.78, 5) is 27.3. The van der Waals surface area contributed by atoms with E-state index in [4.69, 9.17) is 27.9 Å². The quantitative estimate of drug-likeness (QED) is 0.449. The summed E-state index contributed by atoms with van der Waals surface area (Å²) in [6.45, 7) is 8.80. The standard InChI is InChI=1S/C30H31Cl2NO3/c1-29(2)12-21-27(23(34)14-29)26(28-22(33-21)13-30(3,4)15-24(28)35)20-11-19(32)9-10-25(20)36-16-17-5-7-18(31)8-6-17/h5-11,26,33H,12-16H2,1-4H3. The van der Waals surface area contributed by atoms with Crippen molar-refractivity contribution in [1.29, 1.82) is 0 Å². The molecule has 0 spiro atoms. The van der Waals surface area contributed by atoms with Gasteiger partial charge >= 0.3 is 0 Å². The lowest BCUT2D eigenvalue weighted by Crippen LogP contribution is -2.42. The van der Waals surface area contributed by atoms with E-state index in [1.165, 1.54) is 0 Å². The summed E-state index contributed by atoms with van der Waals surface area (Å²) in [6.07, 6.45) is 2.37. The highest BCUT2D eigenvalue weighted by molar-refractivity contribution is 6.31. The predicted molar refractivity (Wildman–Crippen MR) is 143 cm³/mol. The van der Waals surface area contributed by atoms with Crippen molar-refractivity contribution in [2.24, 2.45) is 10.8 Å². The average Bonchev–Trinajstić information content (AvgIpc) is 2.76. The molecule has 3 aliphatic rings. The summed E-state index contributed by atoms with van der Waals surface area (Å²) < 4.78 is 6.29. The summed E-state index contributed by atoms with van der Waals surface area (Å²) >= 11 is 12.5. The zero-order valence-corrected chi connectivity index (χ0v) is 22.6. The molecule has 2 aliphatic carbocycles. The van der Waals surface area contributed by atoms with Gasteiger partial charge in [-0.1, -0.05) is 63.0 Å². The van der Waals surface area contributed by atoms with Crippen LogP contribution in [0.4, 0.5) is 0 Å². The second-order valence-corrected chi connectivity index (χ2v) is 12.7. The third kappa shape index (κ3) is 4.86. The van der Waals surface area contributed by atoms with E-state index in [1.807, 2.05) is 36.4 Å². The molecule has 1 N–H and O–H groups in total. The molecule has 5 rings (SSSR count). The first-order chi connectivity index (χ1) is 16.9. The molecular formula is C30H31Cl2NO3. The van der Waals surface area contributed by atoms with Crippen molar-refractivity contribution in [1.82, 2.24) is 5.32 Å². The maximum atomic E-state index is 13.6. The highest BCUT2D eigenvalue weighted by atomic mass is 35.5. The predicted octanol–water partition coefficient (Wildman–Crippen LogP) is 7.55. The molecule has 1 heterocycles. The van der Waals surface area contributed by atoms with Gasteiger partial charge in [-0.3, -0.25) is 9.59 Å². The summed E-state index contributed by atoms with van der Waals surface area (Å²) in [7, 11) is 0. The molecule has 0 saturated heterocycles. The first kappa shape index (κ1) is 25.1. The highest BCUT2D eigenvalue weighted by Gasteiger charge is 2.47. The minimum atomic E-state index is -0.498. The van der Waals surface area contributed by atoms with Crippen LogP contribution >= 0.6 is 23.2 Å². The van der Waals surface area contributed by atoms with E-state index < -0.39 is 5.92 Å². The van der Waals surface area contributed by atoms with Gasteiger partial charge in [0.15, 0.2) is 11.6 Å². The molecule has 0 radical (unpaired) electrons. The van der Waals surface area contributed by atoms with Gasteiger partial charge in [0, 0.05) is 56.9 Å². The number of allylic oxidation sites excluding steroid dienone is 4. The topological polar surface area (TPSA) is 55.4 Å². The average molecular weight is 524 g/mol. The Labute approximate surface area is 222 Å². The molecule has 2 aromatic carbocycles. The Morgan fingerprint density at radius 2 is 1.33 bits per heavy atom. The first-order valence-corrected chi connectivity index (χ1v) is 13.1. The Kier molecular flexibility index (Phi) is 6.33. The van der Waals surface area contributed by atoms with E-state index in [2.05, 4.69) is 33.0 Å². The number of carbonyl (C=O) groups excluding carboxylic acids is 2. The second kappa shape index (κ2) is 9.08. The van der Waals surface area contributed by atoms with Gasteiger partial charge in [-0.05, 0) is 59.6 Å². The zero-order chi connectivity index (χ0) is 25.8. The van der Waals surface area contributed by atoms with Gasteiger partial charge < -0.3 is 10.1 Å². The molecule has 0 saturated carbocycles. The van der Waals surface area contributed by atoms with Crippen LogP contribution in [-0.4, -0.2) is 11.6 Å². The molecule has 0 amide bonds. The number of ketones is 2. The van der Waals surface area contributed by atoms with Crippen molar-refractivity contribution >= 4 is 34.8 Å². The molecule has 6 heteroatoms. The largest absolute Gasteiger partial charge is 0.489 e. The minimum Gasteiger partial charge on any atom is -0.489 e. The molecular weight excluding hydrogens is 493 g/mol. The van der Waals surface area contributed by atoms with Crippen LogP contribution in [0.3, 0.4) is 0 Å². The highest BCUT2D eigenvalue weighted by Crippen LogP contribution is 2.52. The van der Waals surface area contributed by atoms with Gasteiger partial charge in [0.1, 0.15) is 12.4 Å². The van der Waals surface area contributed by atoms with Crippen molar-refractivity contribution in [3.05, 3.63) is 86.2 Å². The van der Waals surface area contributed by atoms with Crippen LogP contribution in [0, 0.1) is 10.8 Å². The molecule has 0 unspecified atom stereocenters. The Balaban J connectivity index is 1.63. The van der Waals surface area contributed by atoms with Crippen molar-refractivity contribution < 1.29 is 14.3 Å². The fourth-order valence-electron chi connectivity index (χ4n) is 5.82. The van der Waals surface area contributed by atoms with E-state index in [0.717, 1.165) is 35.4 Å². The van der Waals surface area contributed by atoms with Crippen LogP contribution in [0.1, 0.15) is 70.4 Å². The summed E-state index contributed by atoms with van der Waals surface area (Å²) in [5.41, 5.74) is 4.64. The SMILES string of the molecule is CC1(C)CC(=O)C2=C(C1)NC1=C(C(=O)CC(C)(C)C1)C2c1cc(Cl)ccc1OCc1ccc(Cl)cc1. The Hall–Kier alpha value is -2.56. The number of carbonyl (C=O) groups is 2. The van der Waals surface area contributed by atoms with Crippen LogP contribution in [0.2, 0.25) is 10.0 Å². The van der Waals surface area contributed by atoms with Crippen LogP contribution in [0.5, 0.6) is 5.75 Å². The Bertz CT molecular complexity index is 1270. The number of hydrogen-bond acceptors (Lipinski definition) is 4. The van der Waals surface area contributed by atoms with Crippen LogP contribution in [0.25, 0.3) is 0 Å². The number of Topliss-reactive ketones (excluding diaryl/α,β-unsaturated/α-hetero) is 2. The van der Waals surface area contributed by atoms with E-state index in [-0.39, 0.29) is 22.4 Å². The monoisotopic (exact) mass is 523 g/mol. The minimum absolute atomic E-state index is 0.0755. The lowest BCUT2D eigenvalue weighted by Gasteiger charge is -2.44. The summed E-state index contributed by atoms with van der Waals surface area (Å²) in [5, 5.41) is 4.76. The normalized spacial score (nSPS) is 21.2. The van der Waals surface area contributed by atoms with Gasteiger partial charge in [-0.15, -0.1) is 0 Å². The fraction of sp³-hybridized carbons (Fsp3) is 0.400. The molecule has 36 heavy (non-hydrogen) atoms. The third-order valence-electron chi connectivity index (χ3n) is 7.31. The Morgan fingerprint density at radius 1 is 0.806 bits per heavy atom. The second-order valence-electron chi connectivity index (χ2n) is 11.8. The number of hydrogen-bond donors (Lipinski definition) is 1. The Morgan fingerprint density at radius 3 is 1.89 bits per heavy atom. The third-order valence-corrected chi connectivity index (χ3v) is 7.80.